The van der Waals surface area contributed by atoms with Crippen molar-refractivity contribution < 1.29 is 14.3 Å². The maximum atomic E-state index is 14.1. The van der Waals surface area contributed by atoms with Gasteiger partial charge in [-0.3, -0.25) is 0 Å². The summed E-state index contributed by atoms with van der Waals surface area (Å²) in [6.07, 6.45) is 4.24. The number of carbonyl (C=O) groups is 1. The fourth-order valence-electron chi connectivity index (χ4n) is 2.62. The minimum atomic E-state index is -1.16. The van der Waals surface area contributed by atoms with Crippen molar-refractivity contribution in [1.29, 1.82) is 0 Å². The minimum absolute atomic E-state index is 0.0956. The van der Waals surface area contributed by atoms with Crippen LogP contribution >= 0.6 is 0 Å². The Morgan fingerprint density at radius 2 is 2.10 bits per heavy atom. The third-order valence-corrected chi connectivity index (χ3v) is 3.64. The van der Waals surface area contributed by atoms with E-state index in [2.05, 4.69) is 15.5 Å². The summed E-state index contributed by atoms with van der Waals surface area (Å²) in [7, 11) is 0. The van der Waals surface area contributed by atoms with Crippen LogP contribution in [0.15, 0.2) is 18.2 Å². The van der Waals surface area contributed by atoms with Gasteiger partial charge in [-0.15, -0.1) is 5.10 Å². The summed E-state index contributed by atoms with van der Waals surface area (Å²) in [6, 6.07) is 3.73. The van der Waals surface area contributed by atoms with E-state index in [4.69, 9.17) is 5.11 Å². The van der Waals surface area contributed by atoms with Crippen molar-refractivity contribution >= 4 is 5.97 Å². The highest BCUT2D eigenvalue weighted by Gasteiger charge is 2.24. The predicted octanol–water partition coefficient (Wildman–Crippen LogP) is 2.16. The lowest BCUT2D eigenvalue weighted by atomic mass is 10.1. The third kappa shape index (κ3) is 2.15. The molecule has 1 fully saturated rings. The summed E-state index contributed by atoms with van der Waals surface area (Å²) < 4.78 is 15.4. The van der Waals surface area contributed by atoms with Crippen molar-refractivity contribution in [2.75, 3.05) is 0 Å². The van der Waals surface area contributed by atoms with Gasteiger partial charge in [0.1, 0.15) is 11.5 Å². The van der Waals surface area contributed by atoms with Gasteiger partial charge in [0.15, 0.2) is 5.82 Å². The first-order valence-corrected chi connectivity index (χ1v) is 6.48. The fourth-order valence-corrected chi connectivity index (χ4v) is 2.62. The lowest BCUT2D eigenvalue weighted by Crippen LogP contribution is -2.09. The predicted molar refractivity (Wildman–Crippen MR) is 67.3 cm³/mol. The standard InChI is InChI=1S/C13H13FN4O2/c14-10-7-9(13(19)20)5-6-11(10)18-12(15-16-17-18)8-3-1-2-4-8/h5-8H,1-4H2,(H,19,20). The number of hydrogen-bond acceptors (Lipinski definition) is 4. The van der Waals surface area contributed by atoms with Crippen LogP contribution in [0.4, 0.5) is 4.39 Å². The SMILES string of the molecule is O=C(O)c1ccc(-n2nnnc2C2CCCC2)c(F)c1. The molecule has 1 aromatic carbocycles. The molecule has 0 saturated heterocycles. The molecule has 1 aromatic heterocycles. The van der Waals surface area contributed by atoms with Crippen LogP contribution in [-0.4, -0.2) is 31.3 Å². The second-order valence-corrected chi connectivity index (χ2v) is 4.90. The molecule has 0 bridgehead atoms. The molecular formula is C13H13FN4O2. The summed E-state index contributed by atoms with van der Waals surface area (Å²) >= 11 is 0. The highest BCUT2D eigenvalue weighted by Crippen LogP contribution is 2.33. The van der Waals surface area contributed by atoms with Crippen LogP contribution in [0.2, 0.25) is 0 Å². The van der Waals surface area contributed by atoms with E-state index >= 15 is 0 Å². The van der Waals surface area contributed by atoms with Crippen molar-refractivity contribution in [3.63, 3.8) is 0 Å². The van der Waals surface area contributed by atoms with E-state index in [0.29, 0.717) is 5.82 Å². The van der Waals surface area contributed by atoms with Crippen molar-refractivity contribution in [2.24, 2.45) is 0 Å². The number of carboxylic acid groups (broad SMARTS) is 1. The number of aromatic nitrogens is 4. The molecule has 0 atom stereocenters. The molecule has 6 nitrogen and oxygen atoms in total. The van der Waals surface area contributed by atoms with Gasteiger partial charge < -0.3 is 5.11 Å². The van der Waals surface area contributed by atoms with Crippen LogP contribution in [0.1, 0.15) is 47.8 Å². The van der Waals surface area contributed by atoms with Crippen molar-refractivity contribution in [3.8, 4) is 5.69 Å². The highest BCUT2D eigenvalue weighted by molar-refractivity contribution is 5.87. The molecule has 0 unspecified atom stereocenters. The normalized spacial score (nSPS) is 15.7. The maximum Gasteiger partial charge on any atom is 0.335 e. The second-order valence-electron chi connectivity index (χ2n) is 4.90. The topological polar surface area (TPSA) is 80.9 Å². The van der Waals surface area contributed by atoms with Gasteiger partial charge in [0, 0.05) is 5.92 Å². The number of hydrogen-bond donors (Lipinski definition) is 1. The van der Waals surface area contributed by atoms with E-state index in [1.54, 1.807) is 0 Å². The Morgan fingerprint density at radius 3 is 2.75 bits per heavy atom. The molecular weight excluding hydrogens is 263 g/mol. The lowest BCUT2D eigenvalue weighted by Gasteiger charge is -2.10. The van der Waals surface area contributed by atoms with Gasteiger partial charge in [0.05, 0.1) is 5.56 Å². The van der Waals surface area contributed by atoms with Gasteiger partial charge in [-0.25, -0.2) is 9.18 Å². The Balaban J connectivity index is 2.01. The molecule has 7 heteroatoms. The van der Waals surface area contributed by atoms with Gasteiger partial charge in [-0.1, -0.05) is 12.8 Å². The highest BCUT2D eigenvalue weighted by atomic mass is 19.1. The Hall–Kier alpha value is -2.31. The largest absolute Gasteiger partial charge is 0.478 e. The van der Waals surface area contributed by atoms with Gasteiger partial charge in [0.2, 0.25) is 0 Å². The molecule has 20 heavy (non-hydrogen) atoms. The van der Waals surface area contributed by atoms with Gasteiger partial charge in [-0.05, 0) is 41.5 Å². The van der Waals surface area contributed by atoms with Gasteiger partial charge in [-0.2, -0.15) is 4.68 Å². The molecule has 0 amide bonds. The number of carboxylic acids is 1. The van der Waals surface area contributed by atoms with Crippen LogP contribution in [0.5, 0.6) is 0 Å². The smallest absolute Gasteiger partial charge is 0.335 e. The zero-order valence-electron chi connectivity index (χ0n) is 10.7. The molecule has 1 aliphatic rings. The molecule has 0 aliphatic heterocycles. The minimum Gasteiger partial charge on any atom is -0.478 e. The maximum absolute atomic E-state index is 14.1. The quantitative estimate of drug-likeness (QED) is 0.929. The van der Waals surface area contributed by atoms with Crippen molar-refractivity contribution in [3.05, 3.63) is 35.4 Å². The molecule has 0 radical (unpaired) electrons. The van der Waals surface area contributed by atoms with E-state index in [1.807, 2.05) is 0 Å². The molecule has 1 aliphatic carbocycles. The Morgan fingerprint density at radius 1 is 1.35 bits per heavy atom. The number of halogens is 1. The van der Waals surface area contributed by atoms with Crippen LogP contribution < -0.4 is 0 Å². The fraction of sp³-hybridized carbons (Fsp3) is 0.385. The summed E-state index contributed by atoms with van der Waals surface area (Å²) in [5.74, 6) is -0.923. The van der Waals surface area contributed by atoms with Crippen LogP contribution in [0, 0.1) is 5.82 Å². The lowest BCUT2D eigenvalue weighted by molar-refractivity contribution is 0.0696. The van der Waals surface area contributed by atoms with Crippen molar-refractivity contribution in [1.82, 2.24) is 20.2 Å². The number of tetrazole rings is 1. The average molecular weight is 276 g/mol. The summed E-state index contributed by atoms with van der Waals surface area (Å²) in [5.41, 5.74) is 0.0867. The van der Waals surface area contributed by atoms with E-state index in [-0.39, 0.29) is 17.2 Å². The van der Waals surface area contributed by atoms with Crippen LogP contribution in [0.25, 0.3) is 5.69 Å². The number of nitrogens with zero attached hydrogens (tertiary/aromatic N) is 4. The average Bonchev–Trinajstić information content (AvgIpc) is 3.09. The first-order chi connectivity index (χ1) is 9.66. The Kier molecular flexibility index (Phi) is 3.17. The zero-order chi connectivity index (χ0) is 14.1. The van der Waals surface area contributed by atoms with Crippen molar-refractivity contribution in [2.45, 2.75) is 31.6 Å². The number of rotatable bonds is 3. The molecule has 1 saturated carbocycles. The van der Waals surface area contributed by atoms with E-state index in [0.717, 1.165) is 31.7 Å². The molecule has 3 rings (SSSR count). The molecule has 2 aromatic rings. The van der Waals surface area contributed by atoms with Crippen LogP contribution in [-0.2, 0) is 0 Å². The summed E-state index contributed by atoms with van der Waals surface area (Å²) in [6.45, 7) is 0. The number of aromatic carboxylic acids is 1. The number of benzene rings is 1. The Bertz CT molecular complexity index is 650. The van der Waals surface area contributed by atoms with Crippen LogP contribution in [0.3, 0.4) is 0 Å². The first kappa shape index (κ1) is 12.7. The summed E-state index contributed by atoms with van der Waals surface area (Å²) in [4.78, 5) is 10.8. The monoisotopic (exact) mass is 276 g/mol. The molecule has 1 heterocycles. The molecule has 104 valence electrons. The van der Waals surface area contributed by atoms with E-state index in [1.165, 1.54) is 16.8 Å². The van der Waals surface area contributed by atoms with Gasteiger partial charge >= 0.3 is 5.97 Å². The van der Waals surface area contributed by atoms with E-state index in [9.17, 15) is 9.18 Å². The second kappa shape index (κ2) is 4.99. The third-order valence-electron chi connectivity index (χ3n) is 3.64. The molecule has 1 N–H and O–H groups in total. The van der Waals surface area contributed by atoms with E-state index < -0.39 is 11.8 Å². The first-order valence-electron chi connectivity index (χ1n) is 6.48. The molecule has 0 spiro atoms. The Labute approximate surface area is 114 Å². The summed E-state index contributed by atoms with van der Waals surface area (Å²) in [5, 5.41) is 20.3. The van der Waals surface area contributed by atoms with Gasteiger partial charge in [0.25, 0.3) is 0 Å². The zero-order valence-corrected chi connectivity index (χ0v) is 10.7.